The van der Waals surface area contributed by atoms with Gasteiger partial charge in [-0.1, -0.05) is 23.1 Å². The maximum Gasteiger partial charge on any atom is 0.231 e. The van der Waals surface area contributed by atoms with E-state index in [-0.39, 0.29) is 36.3 Å². The van der Waals surface area contributed by atoms with Crippen molar-refractivity contribution in [2.24, 2.45) is 5.92 Å². The van der Waals surface area contributed by atoms with Crippen molar-refractivity contribution in [2.45, 2.75) is 10.8 Å². The van der Waals surface area contributed by atoms with Crippen LogP contribution >= 0.6 is 23.1 Å². The Morgan fingerprint density at radius 1 is 1.06 bits per heavy atom. The first kappa shape index (κ1) is 23.7. The predicted molar refractivity (Wildman–Crippen MR) is 130 cm³/mol. The second kappa shape index (κ2) is 10.7. The van der Waals surface area contributed by atoms with Crippen molar-refractivity contribution in [3.8, 4) is 11.5 Å². The van der Waals surface area contributed by atoms with Gasteiger partial charge < -0.3 is 19.7 Å². The summed E-state index contributed by atoms with van der Waals surface area (Å²) in [6, 6.07) is 14.0. The van der Waals surface area contributed by atoms with Gasteiger partial charge in [-0.3, -0.25) is 14.4 Å². The highest BCUT2D eigenvalue weighted by molar-refractivity contribution is 8.01. The molecule has 1 atom stereocenters. The van der Waals surface area contributed by atoms with E-state index < -0.39 is 5.92 Å². The second-order valence-electron chi connectivity index (χ2n) is 7.41. The molecule has 4 rings (SSSR count). The van der Waals surface area contributed by atoms with Crippen molar-refractivity contribution in [1.29, 1.82) is 0 Å². The number of nitrogens with zero attached hydrogens (tertiary/aromatic N) is 3. The van der Waals surface area contributed by atoms with Gasteiger partial charge in [0.15, 0.2) is 10.1 Å². The minimum atomic E-state index is -0.494. The molecule has 0 bridgehead atoms. The number of carbonyl (C=O) groups excluding carboxylic acids is 3. The Kier molecular flexibility index (Phi) is 7.43. The smallest absolute Gasteiger partial charge is 0.231 e. The monoisotopic (exact) mass is 498 g/mol. The number of rotatable bonds is 9. The zero-order valence-corrected chi connectivity index (χ0v) is 20.1. The van der Waals surface area contributed by atoms with Crippen molar-refractivity contribution in [3.05, 3.63) is 54.1 Å². The maximum atomic E-state index is 12.7. The Morgan fingerprint density at radius 3 is 2.35 bits per heavy atom. The number of hydrogen-bond acceptors (Lipinski definition) is 9. The highest BCUT2D eigenvalue weighted by Crippen LogP contribution is 2.30. The van der Waals surface area contributed by atoms with Crippen molar-refractivity contribution in [3.63, 3.8) is 0 Å². The first-order valence-corrected chi connectivity index (χ1v) is 12.2. The first-order valence-electron chi connectivity index (χ1n) is 10.4. The van der Waals surface area contributed by atoms with Crippen LogP contribution in [0.5, 0.6) is 11.5 Å². The van der Waals surface area contributed by atoms with Gasteiger partial charge in [-0.25, -0.2) is 0 Å². The molecule has 2 aromatic carbocycles. The minimum absolute atomic E-state index is 0.0449. The standard InChI is InChI=1S/C23H22N4O5S2/c1-31-17-7-3-14(4-8-17)19(28)13-33-23-26-25-22(34-23)24-21(30)15-11-20(29)27(12-15)16-5-9-18(32-2)10-6-16/h3-10,15H,11-13H2,1-2H3,(H,24,25,30). The third kappa shape index (κ3) is 5.54. The largest absolute Gasteiger partial charge is 0.497 e. The van der Waals surface area contributed by atoms with E-state index in [1.807, 2.05) is 0 Å². The molecule has 1 N–H and O–H groups in total. The van der Waals surface area contributed by atoms with E-state index >= 15 is 0 Å². The molecule has 1 saturated heterocycles. The Labute approximate surface area is 204 Å². The van der Waals surface area contributed by atoms with Crippen LogP contribution in [0, 0.1) is 5.92 Å². The number of thioether (sulfide) groups is 1. The van der Waals surface area contributed by atoms with Gasteiger partial charge in [0.25, 0.3) is 0 Å². The van der Waals surface area contributed by atoms with Crippen LogP contribution in [0.1, 0.15) is 16.8 Å². The third-order valence-corrected chi connectivity index (χ3v) is 7.23. The summed E-state index contributed by atoms with van der Waals surface area (Å²) in [5.74, 6) is 0.637. The zero-order chi connectivity index (χ0) is 24.1. The number of Topliss-reactive ketones (excluding diaryl/α,β-unsaturated/α-hetero) is 1. The lowest BCUT2D eigenvalue weighted by molar-refractivity contribution is -0.122. The fourth-order valence-electron chi connectivity index (χ4n) is 3.41. The van der Waals surface area contributed by atoms with Crippen molar-refractivity contribution in [2.75, 3.05) is 36.7 Å². The maximum absolute atomic E-state index is 12.7. The number of nitrogens with one attached hydrogen (secondary N) is 1. The normalized spacial score (nSPS) is 15.3. The van der Waals surface area contributed by atoms with Crippen LogP contribution in [0.3, 0.4) is 0 Å². The average molecular weight is 499 g/mol. The molecular weight excluding hydrogens is 476 g/mol. The molecule has 1 aliphatic heterocycles. The van der Waals surface area contributed by atoms with Gasteiger partial charge in [-0.05, 0) is 48.5 Å². The van der Waals surface area contributed by atoms with Gasteiger partial charge in [-0.15, -0.1) is 10.2 Å². The van der Waals surface area contributed by atoms with Gasteiger partial charge in [0.2, 0.25) is 16.9 Å². The number of ether oxygens (including phenoxy) is 2. The number of anilines is 2. The number of benzene rings is 2. The Hall–Kier alpha value is -3.44. The number of ketones is 1. The lowest BCUT2D eigenvalue weighted by Gasteiger charge is -2.16. The molecule has 0 radical (unpaired) electrons. The highest BCUT2D eigenvalue weighted by atomic mass is 32.2. The Bertz CT molecular complexity index is 1180. The number of methoxy groups -OCH3 is 2. The molecule has 0 aliphatic carbocycles. The first-order chi connectivity index (χ1) is 16.5. The van der Waals surface area contributed by atoms with Crippen LogP contribution in [0.4, 0.5) is 10.8 Å². The lowest BCUT2D eigenvalue weighted by Crippen LogP contribution is -2.28. The molecule has 2 amide bonds. The molecule has 1 aliphatic rings. The summed E-state index contributed by atoms with van der Waals surface area (Å²) in [6.45, 7) is 0.285. The van der Waals surface area contributed by atoms with Crippen molar-refractivity contribution >= 4 is 51.5 Å². The minimum Gasteiger partial charge on any atom is -0.497 e. The Morgan fingerprint density at radius 2 is 1.71 bits per heavy atom. The van der Waals surface area contributed by atoms with Crippen LogP contribution in [-0.4, -0.2) is 54.3 Å². The van der Waals surface area contributed by atoms with Crippen LogP contribution in [-0.2, 0) is 9.59 Å². The Balaban J connectivity index is 1.29. The molecule has 0 saturated carbocycles. The third-order valence-electron chi connectivity index (χ3n) is 5.26. The molecule has 2 heterocycles. The summed E-state index contributed by atoms with van der Waals surface area (Å²) in [5, 5.41) is 11.1. The van der Waals surface area contributed by atoms with Crippen LogP contribution in [0.15, 0.2) is 52.9 Å². The predicted octanol–water partition coefficient (Wildman–Crippen LogP) is 3.52. The summed E-state index contributed by atoms with van der Waals surface area (Å²) < 4.78 is 10.8. The fourth-order valence-corrected chi connectivity index (χ4v) is 5.06. The average Bonchev–Trinajstić information content (AvgIpc) is 3.48. The van der Waals surface area contributed by atoms with E-state index in [1.54, 1.807) is 67.7 Å². The van der Waals surface area contributed by atoms with Crippen molar-refractivity contribution < 1.29 is 23.9 Å². The van der Waals surface area contributed by atoms with E-state index in [2.05, 4.69) is 15.5 Å². The summed E-state index contributed by atoms with van der Waals surface area (Å²) in [7, 11) is 3.15. The molecule has 1 unspecified atom stereocenters. The zero-order valence-electron chi connectivity index (χ0n) is 18.5. The summed E-state index contributed by atoms with van der Waals surface area (Å²) >= 11 is 2.44. The van der Waals surface area contributed by atoms with E-state index in [1.165, 1.54) is 23.1 Å². The quantitative estimate of drug-likeness (QED) is 0.271. The summed E-state index contributed by atoms with van der Waals surface area (Å²) in [6.07, 6.45) is 0.120. The second-order valence-corrected chi connectivity index (χ2v) is 9.61. The van der Waals surface area contributed by atoms with Crippen LogP contribution in [0.2, 0.25) is 0 Å². The number of aromatic nitrogens is 2. The van der Waals surface area contributed by atoms with Crippen LogP contribution in [0.25, 0.3) is 0 Å². The number of amides is 2. The van der Waals surface area contributed by atoms with Crippen molar-refractivity contribution in [1.82, 2.24) is 10.2 Å². The molecule has 34 heavy (non-hydrogen) atoms. The lowest BCUT2D eigenvalue weighted by atomic mass is 10.1. The number of carbonyl (C=O) groups is 3. The van der Waals surface area contributed by atoms with Gasteiger partial charge >= 0.3 is 0 Å². The van der Waals surface area contributed by atoms with Crippen LogP contribution < -0.4 is 19.7 Å². The van der Waals surface area contributed by atoms with Gasteiger partial charge in [0.1, 0.15) is 11.5 Å². The van der Waals surface area contributed by atoms with E-state index in [0.717, 1.165) is 5.69 Å². The summed E-state index contributed by atoms with van der Waals surface area (Å²) in [5.41, 5.74) is 1.30. The van der Waals surface area contributed by atoms with Gasteiger partial charge in [-0.2, -0.15) is 0 Å². The fraction of sp³-hybridized carbons (Fsp3) is 0.261. The molecule has 1 aromatic heterocycles. The molecule has 11 heteroatoms. The summed E-state index contributed by atoms with van der Waals surface area (Å²) in [4.78, 5) is 39.1. The molecule has 0 spiro atoms. The molecule has 1 fully saturated rings. The van der Waals surface area contributed by atoms with E-state index in [4.69, 9.17) is 9.47 Å². The van der Waals surface area contributed by atoms with E-state index in [9.17, 15) is 14.4 Å². The molecule has 3 aromatic rings. The molecular formula is C23H22N4O5S2. The molecule has 9 nitrogen and oxygen atoms in total. The van der Waals surface area contributed by atoms with E-state index in [0.29, 0.717) is 26.5 Å². The SMILES string of the molecule is COc1ccc(C(=O)CSc2nnc(NC(=O)C3CC(=O)N(c4ccc(OC)cc4)C3)s2)cc1. The number of hydrogen-bond donors (Lipinski definition) is 1. The van der Waals surface area contributed by atoms with Gasteiger partial charge in [0.05, 0.1) is 25.9 Å². The topological polar surface area (TPSA) is 111 Å². The molecule has 176 valence electrons. The highest BCUT2D eigenvalue weighted by Gasteiger charge is 2.35. The van der Waals surface area contributed by atoms with Gasteiger partial charge in [0, 0.05) is 24.2 Å².